The molecule has 1 atom stereocenters. The van der Waals surface area contributed by atoms with Crippen LogP contribution in [0.25, 0.3) is 16.9 Å². The number of anilines is 1. The maximum Gasteiger partial charge on any atom is 0.240 e. The molecule has 1 aromatic heterocycles. The summed E-state index contributed by atoms with van der Waals surface area (Å²) in [7, 11) is 1.62. The molecule has 190 valence electrons. The highest BCUT2D eigenvalue weighted by Gasteiger charge is 2.32. The van der Waals surface area contributed by atoms with E-state index >= 15 is 0 Å². The lowest BCUT2D eigenvalue weighted by molar-refractivity contribution is -0.122. The van der Waals surface area contributed by atoms with Crippen molar-refractivity contribution in [3.8, 4) is 22.7 Å². The monoisotopic (exact) mass is 524 g/mol. The van der Waals surface area contributed by atoms with Crippen molar-refractivity contribution in [1.29, 1.82) is 0 Å². The lowest BCUT2D eigenvalue weighted by Gasteiger charge is -2.06. The number of hydrogen-bond donors (Lipinski definition) is 2. The molecular formula is C28H24N6O3S. The van der Waals surface area contributed by atoms with E-state index in [1.807, 2.05) is 79.0 Å². The van der Waals surface area contributed by atoms with Crippen molar-refractivity contribution >= 4 is 40.6 Å². The summed E-state index contributed by atoms with van der Waals surface area (Å²) in [6, 6.07) is 26.5. The SMILES string of the molecule is COc1ccc(-c2nn(-c3ccccc3)cc2/C=N/N=C2/NC(=O)C(CC(=O)Nc3ccccc3)S2)cc1. The van der Waals surface area contributed by atoms with E-state index < -0.39 is 5.25 Å². The molecule has 1 aliphatic rings. The number of amidine groups is 1. The fourth-order valence-electron chi connectivity index (χ4n) is 3.80. The van der Waals surface area contributed by atoms with E-state index in [1.54, 1.807) is 30.1 Å². The Morgan fingerprint density at radius 2 is 1.79 bits per heavy atom. The van der Waals surface area contributed by atoms with E-state index in [-0.39, 0.29) is 18.2 Å². The van der Waals surface area contributed by atoms with Gasteiger partial charge in [0.2, 0.25) is 11.8 Å². The summed E-state index contributed by atoms with van der Waals surface area (Å²) in [5.41, 5.74) is 3.95. The Hall–Kier alpha value is -4.70. The topological polar surface area (TPSA) is 110 Å². The lowest BCUT2D eigenvalue weighted by atomic mass is 10.1. The molecule has 2 heterocycles. The fraction of sp³-hybridized carbons (Fsp3) is 0.107. The highest BCUT2D eigenvalue weighted by Crippen LogP contribution is 2.26. The van der Waals surface area contributed by atoms with Crippen LogP contribution in [0, 0.1) is 0 Å². The normalized spacial score (nSPS) is 16.1. The van der Waals surface area contributed by atoms with E-state index in [1.165, 1.54) is 11.8 Å². The zero-order valence-corrected chi connectivity index (χ0v) is 21.3. The van der Waals surface area contributed by atoms with Crippen molar-refractivity contribution in [3.05, 3.63) is 96.7 Å². The summed E-state index contributed by atoms with van der Waals surface area (Å²) in [5, 5.41) is 18.4. The Morgan fingerprint density at radius 3 is 2.50 bits per heavy atom. The van der Waals surface area contributed by atoms with Gasteiger partial charge >= 0.3 is 0 Å². The van der Waals surface area contributed by atoms with Gasteiger partial charge in [-0.3, -0.25) is 9.59 Å². The van der Waals surface area contributed by atoms with Gasteiger partial charge in [0, 0.05) is 29.4 Å². The number of amides is 2. The smallest absolute Gasteiger partial charge is 0.240 e. The number of ether oxygens (including phenoxy) is 1. The molecule has 0 aliphatic carbocycles. The molecule has 4 aromatic rings. The third-order valence-corrected chi connectivity index (χ3v) is 6.75. The quantitative estimate of drug-likeness (QED) is 0.261. The lowest BCUT2D eigenvalue weighted by Crippen LogP contribution is -2.28. The van der Waals surface area contributed by atoms with Gasteiger partial charge in [-0.2, -0.15) is 10.2 Å². The van der Waals surface area contributed by atoms with Crippen LogP contribution >= 0.6 is 11.8 Å². The molecule has 0 radical (unpaired) electrons. The molecule has 2 N–H and O–H groups in total. The summed E-state index contributed by atoms with van der Waals surface area (Å²) >= 11 is 1.18. The summed E-state index contributed by atoms with van der Waals surface area (Å²) in [5.74, 6) is 0.230. The van der Waals surface area contributed by atoms with Gasteiger partial charge in [-0.15, -0.1) is 5.10 Å². The number of para-hydroxylation sites is 2. The number of aromatic nitrogens is 2. The maximum absolute atomic E-state index is 12.4. The summed E-state index contributed by atoms with van der Waals surface area (Å²) < 4.78 is 7.05. The molecule has 0 saturated carbocycles. The number of rotatable bonds is 8. The number of methoxy groups -OCH3 is 1. The Bertz CT molecular complexity index is 1480. The number of thioether (sulfide) groups is 1. The average Bonchev–Trinajstić information content (AvgIpc) is 3.53. The van der Waals surface area contributed by atoms with E-state index in [9.17, 15) is 9.59 Å². The van der Waals surface area contributed by atoms with Crippen molar-refractivity contribution in [1.82, 2.24) is 15.1 Å². The second kappa shape index (κ2) is 11.6. The number of nitrogens with one attached hydrogen (secondary N) is 2. The predicted octanol–water partition coefficient (Wildman–Crippen LogP) is 4.50. The van der Waals surface area contributed by atoms with Crippen molar-refractivity contribution in [2.24, 2.45) is 10.2 Å². The minimum absolute atomic E-state index is 0.0274. The van der Waals surface area contributed by atoms with E-state index in [2.05, 4.69) is 20.8 Å². The molecule has 5 rings (SSSR count). The van der Waals surface area contributed by atoms with E-state index in [4.69, 9.17) is 9.84 Å². The molecule has 38 heavy (non-hydrogen) atoms. The highest BCUT2D eigenvalue weighted by molar-refractivity contribution is 8.15. The summed E-state index contributed by atoms with van der Waals surface area (Å²) in [4.78, 5) is 24.7. The fourth-order valence-corrected chi connectivity index (χ4v) is 4.72. The van der Waals surface area contributed by atoms with Crippen molar-refractivity contribution in [2.45, 2.75) is 11.7 Å². The average molecular weight is 525 g/mol. The van der Waals surface area contributed by atoms with Crippen LogP contribution in [0.5, 0.6) is 5.75 Å². The van der Waals surface area contributed by atoms with Gasteiger partial charge in [0.05, 0.1) is 19.0 Å². The van der Waals surface area contributed by atoms with Crippen LogP contribution in [-0.2, 0) is 9.59 Å². The maximum atomic E-state index is 12.4. The number of benzene rings is 3. The van der Waals surface area contributed by atoms with Gasteiger partial charge in [-0.25, -0.2) is 4.68 Å². The van der Waals surface area contributed by atoms with Gasteiger partial charge in [-0.05, 0) is 48.5 Å². The zero-order chi connectivity index (χ0) is 26.3. The molecule has 0 bridgehead atoms. The van der Waals surface area contributed by atoms with E-state index in [0.717, 1.165) is 28.3 Å². The molecule has 2 amide bonds. The third-order valence-electron chi connectivity index (χ3n) is 5.68. The molecule has 1 unspecified atom stereocenters. The number of nitrogens with zero attached hydrogens (tertiary/aromatic N) is 4. The van der Waals surface area contributed by atoms with Gasteiger partial charge in [0.25, 0.3) is 0 Å². The first kappa shape index (κ1) is 25.0. The Kier molecular flexibility index (Phi) is 7.60. The van der Waals surface area contributed by atoms with Gasteiger partial charge in [-0.1, -0.05) is 48.2 Å². The zero-order valence-electron chi connectivity index (χ0n) is 20.4. The van der Waals surface area contributed by atoms with Gasteiger partial charge in [0.15, 0.2) is 5.17 Å². The summed E-state index contributed by atoms with van der Waals surface area (Å²) in [6.07, 6.45) is 3.50. The van der Waals surface area contributed by atoms with Gasteiger partial charge in [0.1, 0.15) is 16.7 Å². The van der Waals surface area contributed by atoms with E-state index in [0.29, 0.717) is 10.9 Å². The molecule has 10 heteroatoms. The number of carbonyl (C=O) groups excluding carboxylic acids is 2. The molecule has 1 saturated heterocycles. The predicted molar refractivity (Wildman–Crippen MR) is 150 cm³/mol. The van der Waals surface area contributed by atoms with Gasteiger partial charge < -0.3 is 15.4 Å². The molecule has 9 nitrogen and oxygen atoms in total. The van der Waals surface area contributed by atoms with Crippen LogP contribution < -0.4 is 15.4 Å². The molecule has 1 fully saturated rings. The third kappa shape index (κ3) is 5.98. The minimum atomic E-state index is -0.580. The largest absolute Gasteiger partial charge is 0.497 e. The second-order valence-electron chi connectivity index (χ2n) is 8.31. The van der Waals surface area contributed by atoms with Crippen LogP contribution in [0.4, 0.5) is 5.69 Å². The van der Waals surface area contributed by atoms with Crippen LogP contribution in [-0.4, -0.2) is 45.3 Å². The molecule has 1 aliphatic heterocycles. The van der Waals surface area contributed by atoms with Crippen LogP contribution in [0.1, 0.15) is 12.0 Å². The highest BCUT2D eigenvalue weighted by atomic mass is 32.2. The molecular weight excluding hydrogens is 500 g/mol. The minimum Gasteiger partial charge on any atom is -0.497 e. The first-order chi connectivity index (χ1) is 18.6. The van der Waals surface area contributed by atoms with Crippen molar-refractivity contribution in [2.75, 3.05) is 12.4 Å². The molecule has 3 aromatic carbocycles. The number of hydrogen-bond acceptors (Lipinski definition) is 7. The van der Waals surface area contributed by atoms with Crippen molar-refractivity contribution < 1.29 is 14.3 Å². The Labute approximate surface area is 223 Å². The van der Waals surface area contributed by atoms with Crippen molar-refractivity contribution in [3.63, 3.8) is 0 Å². The van der Waals surface area contributed by atoms with Crippen LogP contribution in [0.2, 0.25) is 0 Å². The standard InChI is InChI=1S/C28H24N6O3S/c1-37-23-14-12-19(13-15-23)26-20(18-34(33-26)22-10-6-3-7-11-22)17-29-32-28-31-27(36)24(38-28)16-25(35)30-21-8-4-2-5-9-21/h2-15,17-18,24H,16H2,1H3,(H,30,35)(H,31,32,36)/b29-17+. The summed E-state index contributed by atoms with van der Waals surface area (Å²) in [6.45, 7) is 0. The Morgan fingerprint density at radius 1 is 1.08 bits per heavy atom. The second-order valence-corrected chi connectivity index (χ2v) is 9.50. The number of carbonyl (C=O) groups is 2. The first-order valence-corrected chi connectivity index (χ1v) is 12.7. The van der Waals surface area contributed by atoms with Crippen LogP contribution in [0.3, 0.4) is 0 Å². The Balaban J connectivity index is 1.31. The van der Waals surface area contributed by atoms with Crippen LogP contribution in [0.15, 0.2) is 101 Å². The first-order valence-electron chi connectivity index (χ1n) is 11.8. The molecule has 0 spiro atoms.